The second-order valence-corrected chi connectivity index (χ2v) is 6.82. The predicted octanol–water partition coefficient (Wildman–Crippen LogP) is 4.30. The average Bonchev–Trinajstić information content (AvgIpc) is 2.26. The highest BCUT2D eigenvalue weighted by Crippen LogP contribution is 2.41. The Morgan fingerprint density at radius 1 is 1.00 bits per heavy atom. The van der Waals surface area contributed by atoms with Gasteiger partial charge in [0.15, 0.2) is 0 Å². The van der Waals surface area contributed by atoms with E-state index in [2.05, 4.69) is 0 Å². The van der Waals surface area contributed by atoms with Gasteiger partial charge in [0.25, 0.3) is 0 Å². The smallest absolute Gasteiger partial charge is 0.431 e. The summed E-state index contributed by atoms with van der Waals surface area (Å²) in [5, 5.41) is 0. The number of carbonyl (C=O) groups is 1. The molecule has 2 fully saturated rings. The topological polar surface area (TPSA) is 35.5 Å². The third-order valence-electron chi connectivity index (χ3n) is 4.14. The van der Waals surface area contributed by atoms with Gasteiger partial charge in [-0.15, -0.1) is 0 Å². The van der Waals surface area contributed by atoms with Crippen molar-refractivity contribution in [3.63, 3.8) is 0 Å². The molecule has 2 rings (SSSR count). The summed E-state index contributed by atoms with van der Waals surface area (Å²) in [6.07, 6.45) is 8.30. The minimum atomic E-state index is -0.498. The van der Waals surface area contributed by atoms with Gasteiger partial charge in [-0.1, -0.05) is 25.7 Å². The fourth-order valence-electron chi connectivity index (χ4n) is 3.35. The molecule has 0 N–H and O–H groups in total. The largest absolute Gasteiger partial charge is 0.509 e. The van der Waals surface area contributed by atoms with Crippen molar-refractivity contribution in [1.82, 2.24) is 0 Å². The lowest BCUT2D eigenvalue weighted by Gasteiger charge is -2.38. The van der Waals surface area contributed by atoms with Crippen molar-refractivity contribution < 1.29 is 14.3 Å². The molecule has 0 heterocycles. The highest BCUT2D eigenvalue weighted by atomic mass is 16.7. The molecule has 3 unspecified atom stereocenters. The number of rotatable bonds is 1. The van der Waals surface area contributed by atoms with E-state index in [1.54, 1.807) is 0 Å². The second kappa shape index (κ2) is 5.50. The fourth-order valence-corrected chi connectivity index (χ4v) is 3.35. The van der Waals surface area contributed by atoms with E-state index < -0.39 is 11.8 Å². The van der Waals surface area contributed by atoms with Gasteiger partial charge in [-0.3, -0.25) is 0 Å². The van der Waals surface area contributed by atoms with Crippen molar-refractivity contribution in [2.45, 2.75) is 77.4 Å². The van der Waals surface area contributed by atoms with Crippen molar-refractivity contribution in [2.24, 2.45) is 11.8 Å². The first-order valence-electron chi connectivity index (χ1n) is 7.34. The molecule has 0 aromatic carbocycles. The quantitative estimate of drug-likeness (QED) is 0.654. The Morgan fingerprint density at radius 2 is 1.67 bits per heavy atom. The summed E-state index contributed by atoms with van der Waals surface area (Å²) in [6.45, 7) is 5.60. The van der Waals surface area contributed by atoms with Crippen LogP contribution in [0.4, 0.5) is 4.79 Å². The number of ether oxygens (including phenoxy) is 2. The Morgan fingerprint density at radius 3 is 2.33 bits per heavy atom. The summed E-state index contributed by atoms with van der Waals surface area (Å²) in [5.74, 6) is 1.66. The molecule has 0 aromatic rings. The molecule has 3 atom stereocenters. The first-order chi connectivity index (χ1) is 8.44. The van der Waals surface area contributed by atoms with E-state index in [4.69, 9.17) is 9.47 Å². The van der Waals surface area contributed by atoms with Crippen LogP contribution in [0, 0.1) is 11.8 Å². The zero-order valence-corrected chi connectivity index (χ0v) is 11.9. The molecule has 3 nitrogen and oxygen atoms in total. The molecule has 0 bridgehead atoms. The van der Waals surface area contributed by atoms with Gasteiger partial charge in [0, 0.05) is 0 Å². The maximum atomic E-state index is 11.6. The molecule has 0 aliphatic heterocycles. The molecule has 2 aliphatic rings. The zero-order valence-electron chi connectivity index (χ0n) is 11.9. The summed E-state index contributed by atoms with van der Waals surface area (Å²) in [6, 6.07) is 0. The van der Waals surface area contributed by atoms with E-state index >= 15 is 0 Å². The maximum absolute atomic E-state index is 11.6. The summed E-state index contributed by atoms with van der Waals surface area (Å²) in [5.41, 5.74) is -0.459. The fraction of sp³-hybridized carbons (Fsp3) is 0.933. The van der Waals surface area contributed by atoms with Gasteiger partial charge < -0.3 is 9.47 Å². The lowest BCUT2D eigenvalue weighted by molar-refractivity contribution is -0.0467. The van der Waals surface area contributed by atoms with Crippen LogP contribution in [0.2, 0.25) is 0 Å². The highest BCUT2D eigenvalue weighted by molar-refractivity contribution is 5.60. The van der Waals surface area contributed by atoms with E-state index in [9.17, 15) is 4.79 Å². The molecule has 0 saturated heterocycles. The lowest BCUT2D eigenvalue weighted by Crippen LogP contribution is -2.34. The summed E-state index contributed by atoms with van der Waals surface area (Å²) in [7, 11) is 0. The zero-order chi connectivity index (χ0) is 13.2. The van der Waals surface area contributed by atoms with Gasteiger partial charge >= 0.3 is 6.16 Å². The molecular formula is C15H26O3. The van der Waals surface area contributed by atoms with Crippen molar-refractivity contribution >= 4 is 6.16 Å². The van der Waals surface area contributed by atoms with Gasteiger partial charge in [0.2, 0.25) is 0 Å². The molecule has 0 amide bonds. The van der Waals surface area contributed by atoms with Gasteiger partial charge in [-0.05, 0) is 51.9 Å². The van der Waals surface area contributed by atoms with Gasteiger partial charge in [0.1, 0.15) is 11.7 Å². The third-order valence-corrected chi connectivity index (χ3v) is 4.14. The first kappa shape index (κ1) is 13.7. The molecule has 18 heavy (non-hydrogen) atoms. The molecule has 2 aliphatic carbocycles. The highest BCUT2D eigenvalue weighted by Gasteiger charge is 2.34. The molecule has 2 saturated carbocycles. The summed E-state index contributed by atoms with van der Waals surface area (Å²) >= 11 is 0. The number of carbonyl (C=O) groups excluding carboxylic acids is 1. The van der Waals surface area contributed by atoms with Crippen molar-refractivity contribution in [3.8, 4) is 0 Å². The van der Waals surface area contributed by atoms with E-state index in [-0.39, 0.29) is 6.10 Å². The Hall–Kier alpha value is -0.730. The maximum Gasteiger partial charge on any atom is 0.509 e. The Balaban J connectivity index is 1.79. The SMILES string of the molecule is CC(C)(C)OC(=O)OC1CCC2CCCCC2C1. The van der Waals surface area contributed by atoms with Crippen LogP contribution >= 0.6 is 0 Å². The predicted molar refractivity (Wildman–Crippen MR) is 70.4 cm³/mol. The van der Waals surface area contributed by atoms with Gasteiger partial charge in [0.05, 0.1) is 0 Å². The van der Waals surface area contributed by atoms with Crippen LogP contribution in [0.1, 0.15) is 65.7 Å². The van der Waals surface area contributed by atoms with Crippen molar-refractivity contribution in [2.75, 3.05) is 0 Å². The first-order valence-corrected chi connectivity index (χ1v) is 7.34. The molecule has 0 aromatic heterocycles. The Bertz CT molecular complexity index is 293. The number of hydrogen-bond acceptors (Lipinski definition) is 3. The van der Waals surface area contributed by atoms with E-state index in [0.717, 1.165) is 24.7 Å². The van der Waals surface area contributed by atoms with Crippen LogP contribution in [0.25, 0.3) is 0 Å². The summed E-state index contributed by atoms with van der Waals surface area (Å²) < 4.78 is 10.7. The van der Waals surface area contributed by atoms with Gasteiger partial charge in [-0.2, -0.15) is 0 Å². The number of fused-ring (bicyclic) bond motifs is 1. The monoisotopic (exact) mass is 254 g/mol. The van der Waals surface area contributed by atoms with Crippen LogP contribution in [0.15, 0.2) is 0 Å². The minimum Gasteiger partial charge on any atom is -0.431 e. The van der Waals surface area contributed by atoms with E-state index in [1.807, 2.05) is 20.8 Å². The van der Waals surface area contributed by atoms with Crippen molar-refractivity contribution in [1.29, 1.82) is 0 Å². The summed E-state index contributed by atoms with van der Waals surface area (Å²) in [4.78, 5) is 11.6. The van der Waals surface area contributed by atoms with E-state index in [1.165, 1.54) is 32.1 Å². The van der Waals surface area contributed by atoms with Crippen LogP contribution < -0.4 is 0 Å². The normalized spacial score (nSPS) is 32.5. The molecule has 104 valence electrons. The van der Waals surface area contributed by atoms with Crippen LogP contribution in [-0.2, 0) is 9.47 Å². The second-order valence-electron chi connectivity index (χ2n) is 6.82. The minimum absolute atomic E-state index is 0.0826. The van der Waals surface area contributed by atoms with Crippen LogP contribution in [-0.4, -0.2) is 17.9 Å². The Kier molecular flexibility index (Phi) is 4.18. The molecule has 0 radical (unpaired) electrons. The van der Waals surface area contributed by atoms with E-state index in [0.29, 0.717) is 0 Å². The van der Waals surface area contributed by atoms with Gasteiger partial charge in [-0.25, -0.2) is 4.79 Å². The molecule has 0 spiro atoms. The lowest BCUT2D eigenvalue weighted by atomic mass is 9.70. The van der Waals surface area contributed by atoms with Crippen LogP contribution in [0.5, 0.6) is 0 Å². The molecular weight excluding hydrogens is 228 g/mol. The third kappa shape index (κ3) is 3.89. The number of hydrogen-bond donors (Lipinski definition) is 0. The van der Waals surface area contributed by atoms with Crippen molar-refractivity contribution in [3.05, 3.63) is 0 Å². The standard InChI is InChI=1S/C15H26O3/c1-15(2,3)18-14(16)17-13-9-8-11-6-4-5-7-12(11)10-13/h11-13H,4-10H2,1-3H3. The molecule has 3 heteroatoms. The Labute approximate surface area is 110 Å². The van der Waals surface area contributed by atoms with Crippen LogP contribution in [0.3, 0.4) is 0 Å². The average molecular weight is 254 g/mol.